The average Bonchev–Trinajstić information content (AvgIpc) is 2.68. The number of primary amides is 1. The number of carbonyl (C=O) groups is 2. The van der Waals surface area contributed by atoms with Gasteiger partial charge in [0.25, 0.3) is 5.91 Å². The first-order valence-corrected chi connectivity index (χ1v) is 9.87. The smallest absolute Gasteiger partial charge is 0.254 e. The van der Waals surface area contributed by atoms with Crippen LogP contribution in [-0.4, -0.2) is 29.3 Å². The van der Waals surface area contributed by atoms with Gasteiger partial charge in [0.05, 0.1) is 0 Å². The summed E-state index contributed by atoms with van der Waals surface area (Å²) >= 11 is 0. The number of nitrogens with two attached hydrogens (primary N) is 1. The maximum atomic E-state index is 12.9. The van der Waals surface area contributed by atoms with Crippen molar-refractivity contribution < 1.29 is 9.59 Å². The van der Waals surface area contributed by atoms with Crippen molar-refractivity contribution in [3.8, 4) is 11.1 Å². The zero-order chi connectivity index (χ0) is 19.2. The Labute approximate surface area is 161 Å². The lowest BCUT2D eigenvalue weighted by molar-refractivity contribution is -0.119. The Morgan fingerprint density at radius 2 is 1.63 bits per heavy atom. The van der Waals surface area contributed by atoms with Crippen molar-refractivity contribution in [2.75, 3.05) is 6.54 Å². The molecule has 0 bridgehead atoms. The van der Waals surface area contributed by atoms with E-state index in [1.165, 1.54) is 5.56 Å². The Morgan fingerprint density at radius 3 is 2.22 bits per heavy atom. The summed E-state index contributed by atoms with van der Waals surface area (Å²) in [6, 6.07) is 16.3. The van der Waals surface area contributed by atoms with Crippen LogP contribution in [0.3, 0.4) is 0 Å². The number of rotatable bonds is 6. The molecule has 2 amide bonds. The number of hydrogen-bond acceptors (Lipinski definition) is 2. The van der Waals surface area contributed by atoms with Gasteiger partial charge in [-0.2, -0.15) is 0 Å². The van der Waals surface area contributed by atoms with E-state index in [-0.39, 0.29) is 24.3 Å². The van der Waals surface area contributed by atoms with Crippen LogP contribution in [0.25, 0.3) is 11.1 Å². The molecule has 0 saturated carbocycles. The second-order valence-electron chi connectivity index (χ2n) is 7.34. The lowest BCUT2D eigenvalue weighted by Crippen LogP contribution is -2.45. The van der Waals surface area contributed by atoms with Crippen LogP contribution in [0.2, 0.25) is 0 Å². The number of amides is 2. The van der Waals surface area contributed by atoms with Crippen LogP contribution in [0.5, 0.6) is 0 Å². The Morgan fingerprint density at radius 1 is 1.00 bits per heavy atom. The van der Waals surface area contributed by atoms with E-state index in [1.54, 1.807) is 0 Å². The summed E-state index contributed by atoms with van der Waals surface area (Å²) in [5, 5.41) is 0. The van der Waals surface area contributed by atoms with Crippen molar-refractivity contribution >= 4 is 11.8 Å². The van der Waals surface area contributed by atoms with E-state index >= 15 is 0 Å². The minimum Gasteiger partial charge on any atom is -0.370 e. The van der Waals surface area contributed by atoms with E-state index in [4.69, 9.17) is 5.73 Å². The van der Waals surface area contributed by atoms with E-state index in [0.29, 0.717) is 12.1 Å². The number of carbonyl (C=O) groups excluding carboxylic acids is 2. The predicted octanol–water partition coefficient (Wildman–Crippen LogP) is 4.18. The molecule has 0 spiro atoms. The van der Waals surface area contributed by atoms with Crippen molar-refractivity contribution in [3.63, 3.8) is 0 Å². The van der Waals surface area contributed by atoms with Crippen LogP contribution in [0.15, 0.2) is 48.5 Å². The first kappa shape index (κ1) is 19.2. The van der Waals surface area contributed by atoms with Gasteiger partial charge < -0.3 is 10.6 Å². The number of benzene rings is 2. The second kappa shape index (κ2) is 8.85. The molecule has 27 heavy (non-hydrogen) atoms. The van der Waals surface area contributed by atoms with Crippen molar-refractivity contribution in [1.82, 2.24) is 4.90 Å². The Balaban J connectivity index is 1.73. The largest absolute Gasteiger partial charge is 0.370 e. The molecule has 1 aliphatic heterocycles. The molecule has 0 aromatic heterocycles. The van der Waals surface area contributed by atoms with E-state index in [2.05, 4.69) is 31.2 Å². The first-order valence-electron chi connectivity index (χ1n) is 9.87. The van der Waals surface area contributed by atoms with Gasteiger partial charge in [-0.25, -0.2) is 0 Å². The van der Waals surface area contributed by atoms with Crippen LogP contribution < -0.4 is 5.73 Å². The maximum absolute atomic E-state index is 12.9. The van der Waals surface area contributed by atoms with Gasteiger partial charge in [0.2, 0.25) is 5.91 Å². The highest BCUT2D eigenvalue weighted by Gasteiger charge is 2.28. The van der Waals surface area contributed by atoms with E-state index in [9.17, 15) is 9.59 Å². The van der Waals surface area contributed by atoms with E-state index in [1.807, 2.05) is 29.2 Å². The number of likely N-dealkylation sites (tertiary alicyclic amines) is 1. The lowest BCUT2D eigenvalue weighted by Gasteiger charge is -2.35. The van der Waals surface area contributed by atoms with Crippen molar-refractivity contribution in [2.24, 2.45) is 5.73 Å². The standard InChI is InChI=1S/C23H28N2O2/c1-2-5-17-7-9-18(10-8-17)19-11-13-20(14-12-19)23(27)25-15-4-3-6-21(25)16-22(24)26/h7-14,21H,2-6,15-16H2,1H3,(H2,24,26)/t21-/m1/s1. The monoisotopic (exact) mass is 364 g/mol. The Hall–Kier alpha value is -2.62. The number of nitrogens with zero attached hydrogens (tertiary/aromatic N) is 1. The van der Waals surface area contributed by atoms with Gasteiger partial charge in [-0.3, -0.25) is 9.59 Å². The third kappa shape index (κ3) is 4.76. The molecule has 2 aromatic carbocycles. The van der Waals surface area contributed by atoms with Crippen LogP contribution in [0.4, 0.5) is 0 Å². The Bertz CT molecular complexity index is 781. The SMILES string of the molecule is CCCc1ccc(-c2ccc(C(=O)N3CCCC[C@@H]3CC(N)=O)cc2)cc1. The molecule has 1 heterocycles. The molecule has 1 atom stereocenters. The van der Waals surface area contributed by atoms with Gasteiger partial charge in [0, 0.05) is 24.6 Å². The van der Waals surface area contributed by atoms with Crippen LogP contribution >= 0.6 is 0 Å². The molecule has 2 aromatic rings. The minimum atomic E-state index is -0.346. The van der Waals surface area contributed by atoms with E-state index < -0.39 is 0 Å². The quantitative estimate of drug-likeness (QED) is 0.836. The highest BCUT2D eigenvalue weighted by atomic mass is 16.2. The Kier molecular flexibility index (Phi) is 6.28. The van der Waals surface area contributed by atoms with Gasteiger partial charge in [0.15, 0.2) is 0 Å². The summed E-state index contributed by atoms with van der Waals surface area (Å²) in [5.41, 5.74) is 9.62. The molecule has 142 valence electrons. The van der Waals surface area contributed by atoms with Crippen molar-refractivity contribution in [3.05, 3.63) is 59.7 Å². The van der Waals surface area contributed by atoms with Crippen LogP contribution in [-0.2, 0) is 11.2 Å². The molecular weight excluding hydrogens is 336 g/mol. The van der Waals surface area contributed by atoms with Crippen molar-refractivity contribution in [1.29, 1.82) is 0 Å². The summed E-state index contributed by atoms with van der Waals surface area (Å²) in [4.78, 5) is 26.1. The molecular formula is C23H28N2O2. The minimum absolute atomic E-state index is 0.00852. The van der Waals surface area contributed by atoms with Gasteiger partial charge in [-0.15, -0.1) is 0 Å². The summed E-state index contributed by atoms with van der Waals surface area (Å²) in [5.74, 6) is -0.354. The zero-order valence-corrected chi connectivity index (χ0v) is 16.0. The topological polar surface area (TPSA) is 63.4 Å². The third-order valence-corrected chi connectivity index (χ3v) is 5.28. The molecule has 0 aliphatic carbocycles. The molecule has 1 aliphatic rings. The number of piperidine rings is 1. The molecule has 4 nitrogen and oxygen atoms in total. The zero-order valence-electron chi connectivity index (χ0n) is 16.0. The summed E-state index contributed by atoms with van der Waals surface area (Å²) in [6.07, 6.45) is 5.34. The van der Waals surface area contributed by atoms with E-state index in [0.717, 1.165) is 43.2 Å². The summed E-state index contributed by atoms with van der Waals surface area (Å²) in [7, 11) is 0. The van der Waals surface area contributed by atoms with Crippen LogP contribution in [0, 0.1) is 0 Å². The second-order valence-corrected chi connectivity index (χ2v) is 7.34. The van der Waals surface area contributed by atoms with Gasteiger partial charge in [-0.05, 0) is 54.5 Å². The highest BCUT2D eigenvalue weighted by molar-refractivity contribution is 5.95. The fourth-order valence-corrected chi connectivity index (χ4v) is 3.84. The molecule has 1 fully saturated rings. The van der Waals surface area contributed by atoms with Gasteiger partial charge >= 0.3 is 0 Å². The molecule has 3 rings (SSSR count). The number of aryl methyl sites for hydroxylation is 1. The summed E-state index contributed by atoms with van der Waals surface area (Å²) in [6.45, 7) is 2.87. The predicted molar refractivity (Wildman–Crippen MR) is 108 cm³/mol. The molecule has 4 heteroatoms. The molecule has 1 saturated heterocycles. The van der Waals surface area contributed by atoms with Crippen LogP contribution in [0.1, 0.15) is 54.9 Å². The maximum Gasteiger partial charge on any atom is 0.254 e. The lowest BCUT2D eigenvalue weighted by atomic mass is 9.97. The fraction of sp³-hybridized carbons (Fsp3) is 0.391. The molecule has 0 radical (unpaired) electrons. The normalized spacial score (nSPS) is 16.9. The highest BCUT2D eigenvalue weighted by Crippen LogP contribution is 2.24. The van der Waals surface area contributed by atoms with Gasteiger partial charge in [-0.1, -0.05) is 49.7 Å². The molecule has 2 N–H and O–H groups in total. The number of hydrogen-bond donors (Lipinski definition) is 1. The summed E-state index contributed by atoms with van der Waals surface area (Å²) < 4.78 is 0. The van der Waals surface area contributed by atoms with Gasteiger partial charge in [0.1, 0.15) is 0 Å². The fourth-order valence-electron chi connectivity index (χ4n) is 3.84. The first-order chi connectivity index (χ1) is 13.1. The molecule has 0 unspecified atom stereocenters. The average molecular weight is 364 g/mol. The van der Waals surface area contributed by atoms with Crippen molar-refractivity contribution in [2.45, 2.75) is 51.5 Å². The third-order valence-electron chi connectivity index (χ3n) is 5.28.